The summed E-state index contributed by atoms with van der Waals surface area (Å²) >= 11 is 0. The maximum atomic E-state index is 11.9. The van der Waals surface area contributed by atoms with Gasteiger partial charge in [-0.2, -0.15) is 13.2 Å². The number of aryl methyl sites for hydroxylation is 1. The van der Waals surface area contributed by atoms with Crippen molar-refractivity contribution in [1.82, 2.24) is 4.98 Å². The molecule has 1 aromatic rings. The summed E-state index contributed by atoms with van der Waals surface area (Å²) in [5.41, 5.74) is 7.42. The van der Waals surface area contributed by atoms with Crippen molar-refractivity contribution in [2.45, 2.75) is 38.4 Å². The van der Waals surface area contributed by atoms with Gasteiger partial charge in [0.05, 0.1) is 0 Å². The Labute approximate surface area is 92.7 Å². The van der Waals surface area contributed by atoms with E-state index in [-0.39, 0.29) is 12.5 Å². The van der Waals surface area contributed by atoms with Gasteiger partial charge in [0, 0.05) is 24.4 Å². The number of hydrogen-bond acceptors (Lipinski definition) is 2. The summed E-state index contributed by atoms with van der Waals surface area (Å²) in [6, 6.07) is 3.18. The van der Waals surface area contributed by atoms with Gasteiger partial charge in [-0.25, -0.2) is 0 Å². The summed E-state index contributed by atoms with van der Waals surface area (Å²) in [7, 11) is 0. The molecule has 0 aliphatic heterocycles. The fourth-order valence-corrected chi connectivity index (χ4v) is 1.57. The normalized spacial score (nSPS) is 13.8. The van der Waals surface area contributed by atoms with E-state index in [0.717, 1.165) is 11.3 Å². The molecule has 0 bridgehead atoms. The van der Waals surface area contributed by atoms with Crippen LogP contribution in [0, 0.1) is 6.92 Å². The van der Waals surface area contributed by atoms with Gasteiger partial charge in [0.2, 0.25) is 0 Å². The van der Waals surface area contributed by atoms with E-state index >= 15 is 0 Å². The smallest absolute Gasteiger partial charge is 0.324 e. The highest BCUT2D eigenvalue weighted by Crippen LogP contribution is 2.25. The van der Waals surface area contributed by atoms with E-state index in [1.807, 2.05) is 0 Å². The van der Waals surface area contributed by atoms with Crippen molar-refractivity contribution in [3.05, 3.63) is 29.6 Å². The molecule has 0 aliphatic carbocycles. The summed E-state index contributed by atoms with van der Waals surface area (Å²) in [5, 5.41) is 0. The van der Waals surface area contributed by atoms with Crippen molar-refractivity contribution in [3.63, 3.8) is 0 Å². The molecular weight excluding hydrogens is 217 g/mol. The van der Waals surface area contributed by atoms with Gasteiger partial charge >= 0.3 is 6.18 Å². The molecule has 90 valence electrons. The van der Waals surface area contributed by atoms with Crippen LogP contribution >= 0.6 is 0 Å². The number of alkyl halides is 3. The van der Waals surface area contributed by atoms with Crippen molar-refractivity contribution in [2.24, 2.45) is 5.73 Å². The predicted octanol–water partition coefficient (Wildman–Crippen LogP) is 3.12. The van der Waals surface area contributed by atoms with Gasteiger partial charge in [-0.1, -0.05) is 6.07 Å². The molecule has 1 heterocycles. The summed E-state index contributed by atoms with van der Waals surface area (Å²) < 4.78 is 35.8. The lowest BCUT2D eigenvalue weighted by atomic mass is 10.0. The van der Waals surface area contributed by atoms with E-state index in [1.165, 1.54) is 0 Å². The summed E-state index contributed by atoms with van der Waals surface area (Å²) in [4.78, 5) is 4.05. The number of halogens is 3. The van der Waals surface area contributed by atoms with Gasteiger partial charge in [0.1, 0.15) is 0 Å². The van der Waals surface area contributed by atoms with Crippen LogP contribution in [0.3, 0.4) is 0 Å². The SMILES string of the molecule is Cc1ncccc1C(N)CCCC(F)(F)F. The second kappa shape index (κ2) is 5.30. The molecule has 5 heteroatoms. The Morgan fingerprint density at radius 1 is 1.44 bits per heavy atom. The van der Waals surface area contributed by atoms with E-state index in [1.54, 1.807) is 25.3 Å². The molecule has 0 saturated carbocycles. The molecule has 1 atom stereocenters. The first-order valence-corrected chi connectivity index (χ1v) is 5.14. The zero-order valence-corrected chi connectivity index (χ0v) is 9.09. The zero-order chi connectivity index (χ0) is 12.2. The van der Waals surface area contributed by atoms with Crippen LogP contribution in [0.25, 0.3) is 0 Å². The van der Waals surface area contributed by atoms with Gasteiger partial charge in [0.15, 0.2) is 0 Å². The van der Waals surface area contributed by atoms with Crippen LogP contribution in [0.15, 0.2) is 18.3 Å². The van der Waals surface area contributed by atoms with Crippen LogP contribution in [0.1, 0.15) is 36.6 Å². The second-order valence-corrected chi connectivity index (χ2v) is 3.79. The Bertz CT molecular complexity index is 336. The lowest BCUT2D eigenvalue weighted by Crippen LogP contribution is -2.14. The Morgan fingerprint density at radius 3 is 2.69 bits per heavy atom. The van der Waals surface area contributed by atoms with Crippen molar-refractivity contribution in [1.29, 1.82) is 0 Å². The number of pyridine rings is 1. The highest BCUT2D eigenvalue weighted by molar-refractivity contribution is 5.21. The minimum absolute atomic E-state index is 0.0546. The Balaban J connectivity index is 2.47. The molecule has 1 aromatic heterocycles. The number of nitrogens with two attached hydrogens (primary N) is 1. The Morgan fingerprint density at radius 2 is 2.12 bits per heavy atom. The first-order valence-electron chi connectivity index (χ1n) is 5.14. The first-order chi connectivity index (χ1) is 7.40. The maximum Gasteiger partial charge on any atom is 0.389 e. The molecule has 0 aromatic carbocycles. The second-order valence-electron chi connectivity index (χ2n) is 3.79. The van der Waals surface area contributed by atoms with Crippen LogP contribution < -0.4 is 5.73 Å². The Hall–Kier alpha value is -1.10. The average molecular weight is 232 g/mol. The van der Waals surface area contributed by atoms with Gasteiger partial charge in [-0.05, 0) is 31.4 Å². The van der Waals surface area contributed by atoms with E-state index in [4.69, 9.17) is 5.73 Å². The minimum Gasteiger partial charge on any atom is -0.324 e. The standard InChI is InChI=1S/C11H15F3N2/c1-8-9(4-3-7-16-8)10(15)5-2-6-11(12,13)14/h3-4,7,10H,2,5-6,15H2,1H3. The van der Waals surface area contributed by atoms with Crippen LogP contribution in [-0.2, 0) is 0 Å². The molecule has 0 fully saturated rings. The number of nitrogens with zero attached hydrogens (tertiary/aromatic N) is 1. The van der Waals surface area contributed by atoms with Gasteiger partial charge in [-0.3, -0.25) is 4.98 Å². The van der Waals surface area contributed by atoms with Crippen LogP contribution in [-0.4, -0.2) is 11.2 Å². The molecular formula is C11H15F3N2. The third kappa shape index (κ3) is 4.18. The highest BCUT2D eigenvalue weighted by atomic mass is 19.4. The molecule has 16 heavy (non-hydrogen) atoms. The third-order valence-electron chi connectivity index (χ3n) is 2.42. The van der Waals surface area contributed by atoms with Gasteiger partial charge in [-0.15, -0.1) is 0 Å². The minimum atomic E-state index is -4.09. The predicted molar refractivity (Wildman–Crippen MR) is 55.8 cm³/mol. The van der Waals surface area contributed by atoms with Crippen molar-refractivity contribution in [2.75, 3.05) is 0 Å². The molecule has 1 unspecified atom stereocenters. The highest BCUT2D eigenvalue weighted by Gasteiger charge is 2.26. The largest absolute Gasteiger partial charge is 0.389 e. The first kappa shape index (κ1) is 13.0. The number of aromatic nitrogens is 1. The maximum absolute atomic E-state index is 11.9. The number of hydrogen-bond donors (Lipinski definition) is 1. The monoisotopic (exact) mass is 232 g/mol. The van der Waals surface area contributed by atoms with Crippen LogP contribution in [0.4, 0.5) is 13.2 Å². The lowest BCUT2D eigenvalue weighted by Gasteiger charge is -2.14. The van der Waals surface area contributed by atoms with Crippen molar-refractivity contribution in [3.8, 4) is 0 Å². The van der Waals surface area contributed by atoms with Crippen molar-refractivity contribution < 1.29 is 13.2 Å². The molecule has 0 aliphatic rings. The molecule has 2 nitrogen and oxygen atoms in total. The fraction of sp³-hybridized carbons (Fsp3) is 0.545. The van der Waals surface area contributed by atoms with E-state index in [9.17, 15) is 13.2 Å². The average Bonchev–Trinajstić information content (AvgIpc) is 2.16. The molecule has 0 amide bonds. The topological polar surface area (TPSA) is 38.9 Å². The van der Waals surface area contributed by atoms with E-state index in [2.05, 4.69) is 4.98 Å². The molecule has 0 radical (unpaired) electrons. The lowest BCUT2D eigenvalue weighted by molar-refractivity contribution is -0.135. The third-order valence-corrected chi connectivity index (χ3v) is 2.42. The quantitative estimate of drug-likeness (QED) is 0.866. The summed E-state index contributed by atoms with van der Waals surface area (Å²) in [6.07, 6.45) is -2.85. The summed E-state index contributed by atoms with van der Waals surface area (Å²) in [6.45, 7) is 1.80. The van der Waals surface area contributed by atoms with Gasteiger partial charge in [0.25, 0.3) is 0 Å². The molecule has 0 spiro atoms. The fourth-order valence-electron chi connectivity index (χ4n) is 1.57. The van der Waals surface area contributed by atoms with E-state index < -0.39 is 12.6 Å². The summed E-state index contributed by atoms with van der Waals surface area (Å²) in [5.74, 6) is 0. The molecule has 0 saturated heterocycles. The number of rotatable bonds is 4. The van der Waals surface area contributed by atoms with Crippen molar-refractivity contribution >= 4 is 0 Å². The van der Waals surface area contributed by atoms with Crippen LogP contribution in [0.5, 0.6) is 0 Å². The Kier molecular flexibility index (Phi) is 4.29. The zero-order valence-electron chi connectivity index (χ0n) is 9.09. The molecule has 2 N–H and O–H groups in total. The molecule has 1 rings (SSSR count). The van der Waals surface area contributed by atoms with Crippen LogP contribution in [0.2, 0.25) is 0 Å². The van der Waals surface area contributed by atoms with Gasteiger partial charge < -0.3 is 5.73 Å². The van der Waals surface area contributed by atoms with E-state index in [0.29, 0.717) is 6.42 Å².